The van der Waals surface area contributed by atoms with Crippen LogP contribution in [0.1, 0.15) is 99.7 Å². The molecule has 0 aliphatic carbocycles. The van der Waals surface area contributed by atoms with Crippen LogP contribution < -0.4 is 5.43 Å². The number of methoxy groups -OCH3 is 1. The fourth-order valence-electron chi connectivity index (χ4n) is 4.75. The number of ether oxygens (including phenoxy) is 1. The number of aryl methyl sites for hydroxylation is 1. The van der Waals surface area contributed by atoms with Crippen molar-refractivity contribution in [1.29, 1.82) is 0 Å². The number of carbonyl (C=O) groups excluding carboxylic acids is 1. The minimum atomic E-state index is -1.01. The van der Waals surface area contributed by atoms with Crippen molar-refractivity contribution < 1.29 is 19.1 Å². The van der Waals surface area contributed by atoms with Crippen LogP contribution in [0.3, 0.4) is 0 Å². The Morgan fingerprint density at radius 3 is 2.37 bits per heavy atom. The molecule has 0 aliphatic rings. The first kappa shape index (κ1) is 30.0. The lowest BCUT2D eigenvalue weighted by atomic mass is 9.98. The normalized spacial score (nSPS) is 12.9. The number of benzene rings is 2. The van der Waals surface area contributed by atoms with E-state index < -0.39 is 10.9 Å². The number of aliphatic hydroxyl groups is 1. The van der Waals surface area contributed by atoms with Crippen molar-refractivity contribution in [2.75, 3.05) is 7.11 Å². The molecule has 1 N–H and O–H groups in total. The lowest BCUT2D eigenvalue weighted by Crippen LogP contribution is -2.27. The lowest BCUT2D eigenvalue weighted by molar-refractivity contribution is 0.0565. The van der Waals surface area contributed by atoms with E-state index in [0.29, 0.717) is 23.8 Å². The van der Waals surface area contributed by atoms with Gasteiger partial charge in [-0.15, -0.1) is 0 Å². The zero-order chi connectivity index (χ0) is 27.4. The predicted octanol–water partition coefficient (Wildman–Crippen LogP) is 8.09. The van der Waals surface area contributed by atoms with Crippen LogP contribution >= 0.6 is 11.8 Å². The smallest absolute Gasteiger partial charge is 0.374 e. The Balaban J connectivity index is 1.72. The van der Waals surface area contributed by atoms with Crippen LogP contribution in [0.5, 0.6) is 0 Å². The lowest BCUT2D eigenvalue weighted by Gasteiger charge is -2.28. The van der Waals surface area contributed by atoms with Gasteiger partial charge in [-0.05, 0) is 55.0 Å². The molecular formula is C32H42O5S. The van der Waals surface area contributed by atoms with Crippen molar-refractivity contribution in [3.63, 3.8) is 0 Å². The van der Waals surface area contributed by atoms with E-state index in [9.17, 15) is 14.7 Å². The van der Waals surface area contributed by atoms with Gasteiger partial charge in [-0.2, -0.15) is 0 Å². The minimum absolute atomic E-state index is 0.133. The Morgan fingerprint density at radius 2 is 1.63 bits per heavy atom. The molecule has 5 nitrogen and oxygen atoms in total. The van der Waals surface area contributed by atoms with Crippen LogP contribution in [-0.4, -0.2) is 23.1 Å². The molecule has 1 aromatic heterocycles. The summed E-state index contributed by atoms with van der Waals surface area (Å²) >= 11 is 1.38. The summed E-state index contributed by atoms with van der Waals surface area (Å²) in [5.74, 6) is -0.830. The maximum Gasteiger partial charge on any atom is 0.374 e. The average Bonchev–Trinajstić information content (AvgIpc) is 2.91. The molecule has 0 fully saturated rings. The van der Waals surface area contributed by atoms with Gasteiger partial charge in [0.25, 0.3) is 0 Å². The van der Waals surface area contributed by atoms with E-state index in [0.717, 1.165) is 35.8 Å². The monoisotopic (exact) mass is 538 g/mol. The molecule has 0 amide bonds. The number of unbranched alkanes of at least 4 members (excludes halogenated alkanes) is 7. The number of hydrogen-bond acceptors (Lipinski definition) is 6. The van der Waals surface area contributed by atoms with Gasteiger partial charge in [0.2, 0.25) is 5.76 Å². The first-order valence-electron chi connectivity index (χ1n) is 14.0. The number of carbonyl (C=O) groups is 1. The second-order valence-electron chi connectivity index (χ2n) is 10.1. The van der Waals surface area contributed by atoms with Crippen molar-refractivity contribution in [3.05, 3.63) is 75.6 Å². The molecule has 0 saturated heterocycles. The largest absolute Gasteiger partial charge is 0.463 e. The van der Waals surface area contributed by atoms with Gasteiger partial charge in [0.1, 0.15) is 10.5 Å². The summed E-state index contributed by atoms with van der Waals surface area (Å²) in [5.41, 5.74) is 2.44. The first-order valence-corrected chi connectivity index (χ1v) is 14.8. The minimum Gasteiger partial charge on any atom is -0.463 e. The van der Waals surface area contributed by atoms with Gasteiger partial charge in [0.15, 0.2) is 5.43 Å². The SMILES string of the molecule is CCCCCCCCCc1cccc(C[C@](O)(CCCC)Sc2ccc3c(=O)cc(C(=O)OC)oc3c2)c1. The van der Waals surface area contributed by atoms with Crippen LogP contribution in [-0.2, 0) is 17.6 Å². The summed E-state index contributed by atoms with van der Waals surface area (Å²) in [6, 6.07) is 15.0. The molecule has 0 aliphatic heterocycles. The molecule has 6 heteroatoms. The second-order valence-corrected chi connectivity index (χ2v) is 11.6. The third-order valence-corrected chi connectivity index (χ3v) is 8.07. The zero-order valence-corrected chi connectivity index (χ0v) is 23.9. The van der Waals surface area contributed by atoms with Gasteiger partial charge >= 0.3 is 5.97 Å². The summed E-state index contributed by atoms with van der Waals surface area (Å²) in [6.07, 6.45) is 13.2. The predicted molar refractivity (Wildman–Crippen MR) is 156 cm³/mol. The van der Waals surface area contributed by atoms with Crippen molar-refractivity contribution in [2.45, 2.75) is 101 Å². The van der Waals surface area contributed by atoms with E-state index >= 15 is 0 Å². The van der Waals surface area contributed by atoms with E-state index in [2.05, 4.69) is 38.1 Å². The van der Waals surface area contributed by atoms with Gasteiger partial charge in [-0.25, -0.2) is 4.79 Å². The third kappa shape index (κ3) is 9.02. The molecule has 0 saturated carbocycles. The number of rotatable bonds is 16. The number of fused-ring (bicyclic) bond motifs is 1. The molecule has 3 aromatic rings. The van der Waals surface area contributed by atoms with Crippen LogP contribution in [0.2, 0.25) is 0 Å². The highest BCUT2D eigenvalue weighted by atomic mass is 32.2. The van der Waals surface area contributed by atoms with E-state index in [1.54, 1.807) is 12.1 Å². The molecule has 38 heavy (non-hydrogen) atoms. The molecule has 2 aromatic carbocycles. The van der Waals surface area contributed by atoms with Gasteiger partial charge in [-0.1, -0.05) is 94.8 Å². The highest BCUT2D eigenvalue weighted by molar-refractivity contribution is 8.00. The molecule has 0 radical (unpaired) electrons. The average molecular weight is 539 g/mol. The van der Waals surface area contributed by atoms with Gasteiger partial charge in [0.05, 0.1) is 12.5 Å². The fourth-order valence-corrected chi connectivity index (χ4v) is 5.97. The van der Waals surface area contributed by atoms with E-state index in [4.69, 9.17) is 9.15 Å². The molecule has 206 valence electrons. The zero-order valence-electron chi connectivity index (χ0n) is 23.1. The van der Waals surface area contributed by atoms with Gasteiger partial charge in [-0.3, -0.25) is 4.79 Å². The van der Waals surface area contributed by atoms with E-state index in [-0.39, 0.29) is 11.2 Å². The summed E-state index contributed by atoms with van der Waals surface area (Å²) in [4.78, 5) is 24.1. The van der Waals surface area contributed by atoms with Crippen LogP contribution in [0, 0.1) is 0 Å². The van der Waals surface area contributed by atoms with E-state index in [1.165, 1.54) is 69.4 Å². The molecule has 3 rings (SSSR count). The number of hydrogen-bond donors (Lipinski definition) is 1. The molecule has 0 spiro atoms. The summed E-state index contributed by atoms with van der Waals surface area (Å²) in [7, 11) is 1.25. The highest BCUT2D eigenvalue weighted by Gasteiger charge is 2.29. The summed E-state index contributed by atoms with van der Waals surface area (Å²) in [5, 5.41) is 12.1. The Bertz CT molecular complexity index is 1230. The molecule has 1 atom stereocenters. The van der Waals surface area contributed by atoms with Crippen LogP contribution in [0.15, 0.2) is 62.6 Å². The van der Waals surface area contributed by atoms with Crippen LogP contribution in [0.25, 0.3) is 11.0 Å². The second kappa shape index (κ2) is 15.1. The topological polar surface area (TPSA) is 76.7 Å². The molecule has 0 bridgehead atoms. The van der Waals surface area contributed by atoms with Crippen molar-refractivity contribution in [2.24, 2.45) is 0 Å². The Hall–Kier alpha value is -2.57. The number of thioether (sulfide) groups is 1. The first-order chi connectivity index (χ1) is 18.4. The Kier molecular flexibility index (Phi) is 11.9. The van der Waals surface area contributed by atoms with Crippen molar-refractivity contribution >= 4 is 28.7 Å². The van der Waals surface area contributed by atoms with Crippen molar-refractivity contribution in [3.8, 4) is 0 Å². The molecule has 1 heterocycles. The van der Waals surface area contributed by atoms with Crippen LogP contribution in [0.4, 0.5) is 0 Å². The molecular weight excluding hydrogens is 496 g/mol. The van der Waals surface area contributed by atoms with Gasteiger partial charge < -0.3 is 14.3 Å². The Morgan fingerprint density at radius 1 is 0.921 bits per heavy atom. The summed E-state index contributed by atoms with van der Waals surface area (Å²) in [6.45, 7) is 4.37. The maximum atomic E-state index is 12.5. The quantitative estimate of drug-likeness (QED) is 0.0859. The van der Waals surface area contributed by atoms with E-state index in [1.807, 2.05) is 6.07 Å². The highest BCUT2D eigenvalue weighted by Crippen LogP contribution is 2.38. The van der Waals surface area contributed by atoms with Gasteiger partial charge in [0, 0.05) is 17.4 Å². The standard InChI is InChI=1S/C32H42O5S/c1-4-6-8-9-10-11-12-14-24-15-13-16-25(20-24)23-32(35,19-7-5-2)38-26-17-18-27-28(33)22-30(31(34)36-3)37-29(27)21-26/h13,15-18,20-22,35H,4-12,14,19,23H2,1-3H3/t32-/m0/s1. The summed E-state index contributed by atoms with van der Waals surface area (Å²) < 4.78 is 10.4. The molecule has 0 unspecified atom stereocenters. The Labute approximate surface area is 231 Å². The van der Waals surface area contributed by atoms with Crippen molar-refractivity contribution in [1.82, 2.24) is 0 Å². The number of esters is 1. The fraction of sp³-hybridized carbons (Fsp3) is 0.500. The maximum absolute atomic E-state index is 12.5. The third-order valence-electron chi connectivity index (χ3n) is 6.86.